The number of hydrogen-bond donors (Lipinski definition) is 1. The van der Waals surface area contributed by atoms with E-state index in [0.29, 0.717) is 0 Å². The van der Waals surface area contributed by atoms with E-state index in [1.54, 1.807) is 0 Å². The van der Waals surface area contributed by atoms with Crippen LogP contribution in [-0.2, 0) is 31.3 Å². The molecule has 5 nitrogen and oxygen atoms in total. The van der Waals surface area contributed by atoms with E-state index >= 15 is 0 Å². The van der Waals surface area contributed by atoms with E-state index in [9.17, 15) is 5.11 Å². The van der Waals surface area contributed by atoms with Gasteiger partial charge in [0.1, 0.15) is 0 Å². The van der Waals surface area contributed by atoms with Crippen molar-refractivity contribution in [3.05, 3.63) is 55.8 Å². The average Bonchev–Trinajstić information content (AvgIpc) is 2.72. The van der Waals surface area contributed by atoms with E-state index in [4.69, 9.17) is 14.0 Å². The Balaban J connectivity index is -0.000000312. The van der Waals surface area contributed by atoms with Gasteiger partial charge in [0.15, 0.2) is 0 Å². The number of rotatable bonds is 9. The zero-order chi connectivity index (χ0) is 20.1. The van der Waals surface area contributed by atoms with E-state index < -0.39 is 6.10 Å². The Morgan fingerprint density at radius 1 is 0.885 bits per heavy atom. The van der Waals surface area contributed by atoms with Crippen molar-refractivity contribution in [2.45, 2.75) is 58.6 Å². The Morgan fingerprint density at radius 2 is 1.27 bits per heavy atom. The van der Waals surface area contributed by atoms with Gasteiger partial charge in [-0.25, -0.2) is 0 Å². The van der Waals surface area contributed by atoms with Gasteiger partial charge in [0.25, 0.3) is 0 Å². The van der Waals surface area contributed by atoms with Crippen LogP contribution in [-0.4, -0.2) is 29.1 Å². The summed E-state index contributed by atoms with van der Waals surface area (Å²) in [7, 11) is 0. The minimum atomic E-state index is -0.394. The molecule has 0 fully saturated rings. The van der Waals surface area contributed by atoms with Crippen LogP contribution in [0.2, 0.25) is 0 Å². The molecule has 0 radical (unpaired) electrons. The molecular weight excluding hydrogens is 370 g/mol. The topological polar surface area (TPSA) is 83.2 Å². The van der Waals surface area contributed by atoms with Gasteiger partial charge in [0.2, 0.25) is 0 Å². The maximum absolute atomic E-state index is 10.5. The third-order valence-corrected chi connectivity index (χ3v) is 3.77. The number of aliphatic hydroxyl groups excluding tert-OH is 1. The Kier molecular flexibility index (Phi) is 32.7. The van der Waals surface area contributed by atoms with Crippen molar-refractivity contribution in [2.24, 2.45) is 0 Å². The Labute approximate surface area is 169 Å². The average molecular weight is 399 g/mol. The molecule has 0 heterocycles. The van der Waals surface area contributed by atoms with Crippen molar-refractivity contribution in [3.8, 4) is 0 Å². The summed E-state index contributed by atoms with van der Waals surface area (Å²) >= 11 is 0. The van der Waals surface area contributed by atoms with Crippen LogP contribution in [0.15, 0.2) is 30.3 Å². The summed E-state index contributed by atoms with van der Waals surface area (Å²) in [5.74, 6) is 0. The van der Waals surface area contributed by atoms with Crippen molar-refractivity contribution in [2.75, 3.05) is 13.1 Å². The molecule has 1 aromatic carbocycles. The van der Waals surface area contributed by atoms with Crippen molar-refractivity contribution >= 4 is 0 Å². The molecule has 0 spiro atoms. The number of hydrogen-bond acceptors (Lipinski definition) is 2. The summed E-state index contributed by atoms with van der Waals surface area (Å²) in [5.41, 5.74) is 1.02. The molecule has 0 aromatic heterocycles. The van der Waals surface area contributed by atoms with E-state index in [0.717, 1.165) is 18.7 Å². The first kappa shape index (κ1) is 32.6. The van der Waals surface area contributed by atoms with Crippen LogP contribution in [0.1, 0.15) is 58.1 Å². The van der Waals surface area contributed by atoms with Gasteiger partial charge in [0, 0.05) is 23.4 Å². The van der Waals surface area contributed by atoms with Gasteiger partial charge in [0.05, 0.1) is 6.10 Å². The van der Waals surface area contributed by atoms with Gasteiger partial charge >= 0.3 is 33.9 Å². The first-order chi connectivity index (χ1) is 12.2. The fourth-order valence-corrected chi connectivity index (χ4v) is 2.37. The molecule has 1 rings (SSSR count). The summed E-state index contributed by atoms with van der Waals surface area (Å²) in [4.78, 5) is 2.44. The molecule has 0 aliphatic heterocycles. The van der Waals surface area contributed by atoms with E-state index in [2.05, 4.69) is 45.6 Å². The fourth-order valence-electron chi connectivity index (χ4n) is 2.37. The molecule has 0 aliphatic rings. The molecule has 144 valence electrons. The maximum atomic E-state index is 10.5. The summed E-state index contributed by atoms with van der Waals surface area (Å²) in [6, 6.07) is 10.2. The minimum absolute atomic E-state index is 0. The fraction of sp³-hybridized carbons (Fsp3) is 0.550. The summed E-state index contributed by atoms with van der Waals surface area (Å²) in [5, 5.41) is 10.5. The molecule has 1 aromatic rings. The molecule has 26 heavy (non-hydrogen) atoms. The molecule has 1 N–H and O–H groups in total. The molecule has 6 heteroatoms. The molecule has 0 bridgehead atoms. The minimum Gasteiger partial charge on any atom is 0 e. The monoisotopic (exact) mass is 399 g/mol. The van der Waals surface area contributed by atoms with Crippen LogP contribution >= 0.6 is 0 Å². The van der Waals surface area contributed by atoms with Crippen molar-refractivity contribution < 1.29 is 36.4 Å². The van der Waals surface area contributed by atoms with Crippen molar-refractivity contribution in [3.63, 3.8) is 0 Å². The van der Waals surface area contributed by atoms with Gasteiger partial charge in [-0.2, -0.15) is 0 Å². The van der Waals surface area contributed by atoms with E-state index in [-0.39, 0.29) is 23.4 Å². The summed E-state index contributed by atoms with van der Waals surface area (Å²) < 4.78 is 22.5. The molecule has 0 aliphatic carbocycles. The van der Waals surface area contributed by atoms with Gasteiger partial charge < -0.3 is 5.11 Å². The number of aliphatic hydroxyl groups is 1. The van der Waals surface area contributed by atoms with E-state index in [1.165, 1.54) is 25.7 Å². The van der Waals surface area contributed by atoms with Crippen LogP contribution in [0, 0.1) is 20.0 Å². The predicted molar refractivity (Wildman–Crippen MR) is 94.0 cm³/mol. The van der Waals surface area contributed by atoms with Gasteiger partial charge in [-0.1, -0.05) is 57.0 Å². The van der Waals surface area contributed by atoms with Crippen LogP contribution in [0.3, 0.4) is 0 Å². The van der Waals surface area contributed by atoms with Crippen molar-refractivity contribution in [1.29, 1.82) is 0 Å². The Hall–Kier alpha value is -1.11. The van der Waals surface area contributed by atoms with Crippen molar-refractivity contribution in [1.82, 2.24) is 4.90 Å². The number of nitrogens with zero attached hydrogens (tertiary/aromatic N) is 1. The number of unbranched alkanes of at least 4 members (excludes halogenated alkanes) is 2. The van der Waals surface area contributed by atoms with Gasteiger partial charge in [-0.15, -0.1) is 0 Å². The Bertz CT molecular complexity index is 426. The first-order valence-electron chi connectivity index (χ1n) is 8.29. The SMILES string of the molecule is CCCCN(CCCC)[C@H](C)[C@@H](O)c1ccccc1.[C-]#[O+].[C-]#[O+].[C-]#[O+].[Cr]. The first-order valence-corrected chi connectivity index (χ1v) is 8.29. The second kappa shape index (κ2) is 26.1. The van der Waals surface area contributed by atoms with Crippen LogP contribution in [0.4, 0.5) is 0 Å². The summed E-state index contributed by atoms with van der Waals surface area (Å²) in [6.45, 7) is 22.2. The quantitative estimate of drug-likeness (QED) is 0.505. The zero-order valence-electron chi connectivity index (χ0n) is 15.8. The van der Waals surface area contributed by atoms with Crippen LogP contribution in [0.25, 0.3) is 0 Å². The standard InChI is InChI=1S/C17H29NO.3CO.Cr/c1-4-6-13-18(14-7-5-2)15(3)17(19)16-11-9-8-10-12-16;3*1-2;/h8-12,15,17,19H,4-7,13-14H2,1-3H3;;;;/t15-,17-;;;;/m1..../s1. The maximum Gasteiger partial charge on any atom is 0 e. The molecule has 0 saturated heterocycles. The van der Waals surface area contributed by atoms with Crippen LogP contribution in [0.5, 0.6) is 0 Å². The zero-order valence-corrected chi connectivity index (χ0v) is 17.1. The molecule has 2 atom stereocenters. The largest absolute Gasteiger partial charge is 0 e. The normalized spacial score (nSPS) is 10.9. The van der Waals surface area contributed by atoms with Gasteiger partial charge in [-0.3, -0.25) is 4.90 Å². The molecule has 0 amide bonds. The second-order valence-electron chi connectivity index (χ2n) is 5.34. The molecule has 0 saturated carbocycles. The molecule has 0 unspecified atom stereocenters. The summed E-state index contributed by atoms with van der Waals surface area (Å²) in [6.07, 6.45) is 4.42. The van der Waals surface area contributed by atoms with Gasteiger partial charge in [-0.05, 0) is 38.4 Å². The van der Waals surface area contributed by atoms with E-state index in [1.807, 2.05) is 30.3 Å². The molecular formula is C20H29CrNO4. The van der Waals surface area contributed by atoms with Crippen LogP contribution < -0.4 is 0 Å². The Morgan fingerprint density at radius 3 is 1.62 bits per heavy atom. The smallest absolute Gasteiger partial charge is 0 e. The number of benzene rings is 1. The third kappa shape index (κ3) is 15.2. The third-order valence-electron chi connectivity index (χ3n) is 3.77. The second-order valence-corrected chi connectivity index (χ2v) is 5.34. The predicted octanol–water partition coefficient (Wildman–Crippen LogP) is 3.90.